The molecule has 17 heavy (non-hydrogen) atoms. The molecule has 0 amide bonds. The summed E-state index contributed by atoms with van der Waals surface area (Å²) >= 11 is 3.56. The molecule has 0 aliphatic heterocycles. The first-order valence-electron chi connectivity index (χ1n) is 6.40. The van der Waals surface area contributed by atoms with Crippen LogP contribution in [-0.2, 0) is 0 Å². The second kappa shape index (κ2) is 4.45. The van der Waals surface area contributed by atoms with E-state index in [1.165, 1.54) is 37.6 Å². The van der Waals surface area contributed by atoms with Gasteiger partial charge in [0.25, 0.3) is 0 Å². The van der Waals surface area contributed by atoms with E-state index in [0.717, 1.165) is 15.8 Å². The maximum absolute atomic E-state index is 4.67. The Kier molecular flexibility index (Phi) is 2.95. The summed E-state index contributed by atoms with van der Waals surface area (Å²) in [5.41, 5.74) is 2.40. The molecule has 2 nitrogen and oxygen atoms in total. The van der Waals surface area contributed by atoms with Crippen molar-refractivity contribution in [3.8, 4) is 0 Å². The lowest BCUT2D eigenvalue weighted by Gasteiger charge is -2.25. The second-order valence-electron chi connectivity index (χ2n) is 4.95. The average Bonchev–Trinajstić information content (AvgIpc) is 2.65. The molecular weight excluding hydrogens is 276 g/mol. The Morgan fingerprint density at radius 1 is 1.24 bits per heavy atom. The maximum Gasteiger partial charge on any atom is 0.106 e. The fourth-order valence-corrected chi connectivity index (χ4v) is 3.34. The van der Waals surface area contributed by atoms with Crippen LogP contribution in [0.4, 0.5) is 0 Å². The SMILES string of the molecule is Cc1nc2ccc(Br)cc2n1C1CCCCC1. The fourth-order valence-electron chi connectivity index (χ4n) is 2.99. The Morgan fingerprint density at radius 3 is 2.76 bits per heavy atom. The molecule has 0 unspecified atom stereocenters. The highest BCUT2D eigenvalue weighted by Gasteiger charge is 2.19. The highest BCUT2D eigenvalue weighted by atomic mass is 79.9. The molecule has 2 aromatic rings. The van der Waals surface area contributed by atoms with Crippen molar-refractivity contribution in [2.75, 3.05) is 0 Å². The Labute approximate surface area is 110 Å². The summed E-state index contributed by atoms with van der Waals surface area (Å²) < 4.78 is 3.58. The molecule has 0 N–H and O–H groups in total. The molecule has 1 heterocycles. The Balaban J connectivity index is 2.13. The van der Waals surface area contributed by atoms with E-state index in [1.807, 2.05) is 0 Å². The molecule has 1 aliphatic rings. The first-order chi connectivity index (χ1) is 8.25. The number of rotatable bonds is 1. The van der Waals surface area contributed by atoms with Crippen LogP contribution in [0, 0.1) is 6.92 Å². The zero-order valence-electron chi connectivity index (χ0n) is 10.1. The van der Waals surface area contributed by atoms with E-state index in [1.54, 1.807) is 0 Å². The molecule has 1 aromatic heterocycles. The lowest BCUT2D eigenvalue weighted by Crippen LogP contribution is -2.13. The standard InChI is InChI=1S/C14H17BrN2/c1-10-16-13-8-7-11(15)9-14(13)17(10)12-5-3-2-4-6-12/h7-9,12H,2-6H2,1H3. The number of benzene rings is 1. The van der Waals surface area contributed by atoms with E-state index < -0.39 is 0 Å². The van der Waals surface area contributed by atoms with E-state index in [2.05, 4.69) is 50.6 Å². The summed E-state index contributed by atoms with van der Waals surface area (Å²) in [6, 6.07) is 7.03. The van der Waals surface area contributed by atoms with Crippen LogP contribution in [0.15, 0.2) is 22.7 Å². The lowest BCUT2D eigenvalue weighted by molar-refractivity contribution is 0.355. The van der Waals surface area contributed by atoms with Gasteiger partial charge in [0, 0.05) is 10.5 Å². The molecule has 1 fully saturated rings. The molecule has 0 saturated heterocycles. The topological polar surface area (TPSA) is 17.8 Å². The van der Waals surface area contributed by atoms with Gasteiger partial charge in [0.2, 0.25) is 0 Å². The number of aromatic nitrogens is 2. The number of halogens is 1. The number of fused-ring (bicyclic) bond motifs is 1. The first-order valence-corrected chi connectivity index (χ1v) is 7.19. The monoisotopic (exact) mass is 292 g/mol. The van der Waals surface area contributed by atoms with E-state index in [-0.39, 0.29) is 0 Å². The van der Waals surface area contributed by atoms with Crippen LogP contribution in [0.2, 0.25) is 0 Å². The quantitative estimate of drug-likeness (QED) is 0.750. The van der Waals surface area contributed by atoms with Gasteiger partial charge >= 0.3 is 0 Å². The van der Waals surface area contributed by atoms with E-state index in [0.29, 0.717) is 6.04 Å². The van der Waals surface area contributed by atoms with Crippen molar-refractivity contribution in [2.24, 2.45) is 0 Å². The molecule has 1 aromatic carbocycles. The zero-order chi connectivity index (χ0) is 11.8. The average molecular weight is 293 g/mol. The molecule has 1 aliphatic carbocycles. The van der Waals surface area contributed by atoms with Gasteiger partial charge in [-0.05, 0) is 38.0 Å². The molecule has 3 rings (SSSR count). The van der Waals surface area contributed by atoms with Gasteiger partial charge in [0.15, 0.2) is 0 Å². The van der Waals surface area contributed by atoms with Crippen LogP contribution in [0.5, 0.6) is 0 Å². The van der Waals surface area contributed by atoms with Gasteiger partial charge in [0.05, 0.1) is 11.0 Å². The molecule has 90 valence electrons. The van der Waals surface area contributed by atoms with Gasteiger partial charge in [-0.15, -0.1) is 0 Å². The Bertz CT molecular complexity index is 538. The minimum absolute atomic E-state index is 0.656. The largest absolute Gasteiger partial charge is 0.325 e. The van der Waals surface area contributed by atoms with Crippen LogP contribution in [0.25, 0.3) is 11.0 Å². The van der Waals surface area contributed by atoms with E-state index >= 15 is 0 Å². The molecule has 0 spiro atoms. The number of aryl methyl sites for hydroxylation is 1. The van der Waals surface area contributed by atoms with Crippen molar-refractivity contribution < 1.29 is 0 Å². The van der Waals surface area contributed by atoms with Crippen molar-refractivity contribution in [3.63, 3.8) is 0 Å². The Morgan fingerprint density at radius 2 is 2.00 bits per heavy atom. The number of hydrogen-bond donors (Lipinski definition) is 0. The Hall–Kier alpha value is -0.830. The smallest absolute Gasteiger partial charge is 0.106 e. The van der Waals surface area contributed by atoms with Crippen molar-refractivity contribution in [1.82, 2.24) is 9.55 Å². The van der Waals surface area contributed by atoms with Crippen LogP contribution in [0.3, 0.4) is 0 Å². The van der Waals surface area contributed by atoms with Crippen LogP contribution in [0.1, 0.15) is 44.0 Å². The van der Waals surface area contributed by atoms with Gasteiger partial charge < -0.3 is 4.57 Å². The number of hydrogen-bond acceptors (Lipinski definition) is 1. The van der Waals surface area contributed by atoms with Crippen LogP contribution in [-0.4, -0.2) is 9.55 Å². The van der Waals surface area contributed by atoms with Crippen molar-refractivity contribution in [1.29, 1.82) is 0 Å². The third-order valence-corrected chi connectivity index (χ3v) is 4.26. The first kappa shape index (κ1) is 11.3. The van der Waals surface area contributed by atoms with Gasteiger partial charge in [-0.1, -0.05) is 35.2 Å². The van der Waals surface area contributed by atoms with E-state index in [9.17, 15) is 0 Å². The summed E-state index contributed by atoms with van der Waals surface area (Å²) in [5, 5.41) is 0. The number of nitrogens with zero attached hydrogens (tertiary/aromatic N) is 2. The van der Waals surface area contributed by atoms with Gasteiger partial charge in [-0.25, -0.2) is 4.98 Å². The van der Waals surface area contributed by atoms with Gasteiger partial charge in [-0.2, -0.15) is 0 Å². The molecule has 1 saturated carbocycles. The van der Waals surface area contributed by atoms with Gasteiger partial charge in [-0.3, -0.25) is 0 Å². The number of imidazole rings is 1. The third kappa shape index (κ3) is 2.01. The van der Waals surface area contributed by atoms with Crippen molar-refractivity contribution >= 4 is 27.0 Å². The third-order valence-electron chi connectivity index (χ3n) is 3.77. The summed E-state index contributed by atoms with van der Waals surface area (Å²) in [4.78, 5) is 4.67. The fraction of sp³-hybridized carbons (Fsp3) is 0.500. The van der Waals surface area contributed by atoms with Crippen molar-refractivity contribution in [3.05, 3.63) is 28.5 Å². The van der Waals surface area contributed by atoms with Crippen LogP contribution < -0.4 is 0 Å². The minimum atomic E-state index is 0.656. The summed E-state index contributed by atoms with van der Waals surface area (Å²) in [6.07, 6.45) is 6.72. The highest BCUT2D eigenvalue weighted by molar-refractivity contribution is 9.10. The molecule has 0 bridgehead atoms. The summed E-state index contributed by atoms with van der Waals surface area (Å²) in [6.45, 7) is 2.13. The van der Waals surface area contributed by atoms with Crippen molar-refractivity contribution in [2.45, 2.75) is 45.1 Å². The van der Waals surface area contributed by atoms with Gasteiger partial charge in [0.1, 0.15) is 5.82 Å². The molecular formula is C14H17BrN2. The van der Waals surface area contributed by atoms with E-state index in [4.69, 9.17) is 0 Å². The minimum Gasteiger partial charge on any atom is -0.325 e. The maximum atomic E-state index is 4.67. The second-order valence-corrected chi connectivity index (χ2v) is 5.87. The van der Waals surface area contributed by atoms with Crippen LogP contribution >= 0.6 is 15.9 Å². The molecule has 0 radical (unpaired) electrons. The molecule has 3 heteroatoms. The summed E-state index contributed by atoms with van der Waals surface area (Å²) in [5.74, 6) is 1.16. The molecule has 0 atom stereocenters. The zero-order valence-corrected chi connectivity index (χ0v) is 11.7. The predicted octanol–water partition coefficient (Wildman–Crippen LogP) is 4.61. The highest BCUT2D eigenvalue weighted by Crippen LogP contribution is 2.33. The predicted molar refractivity (Wildman–Crippen MR) is 74.3 cm³/mol. The normalized spacial score (nSPS) is 17.8. The summed E-state index contributed by atoms with van der Waals surface area (Å²) in [7, 11) is 0. The lowest BCUT2D eigenvalue weighted by atomic mass is 9.95.